The Morgan fingerprint density at radius 3 is 2.48 bits per heavy atom. The Labute approximate surface area is 192 Å². The van der Waals surface area contributed by atoms with Gasteiger partial charge in [0.1, 0.15) is 5.82 Å². The van der Waals surface area contributed by atoms with E-state index in [1.54, 1.807) is 13.0 Å². The Balaban J connectivity index is 1.80. The number of aliphatic carboxylic acids is 1. The molecule has 2 N–H and O–H groups in total. The second-order valence-corrected chi connectivity index (χ2v) is 9.83. The Morgan fingerprint density at radius 2 is 1.85 bits per heavy atom. The van der Waals surface area contributed by atoms with Gasteiger partial charge in [-0.25, -0.2) is 4.39 Å². The van der Waals surface area contributed by atoms with E-state index in [1.165, 1.54) is 16.6 Å². The van der Waals surface area contributed by atoms with Crippen LogP contribution in [0.4, 0.5) is 4.39 Å². The van der Waals surface area contributed by atoms with Gasteiger partial charge in [-0.05, 0) is 92.8 Å². The van der Waals surface area contributed by atoms with Gasteiger partial charge in [0, 0.05) is 22.2 Å². The van der Waals surface area contributed by atoms with Gasteiger partial charge >= 0.3 is 5.97 Å². The molecule has 1 aliphatic rings. The lowest BCUT2D eigenvalue weighted by molar-refractivity contribution is -0.142. The fourth-order valence-corrected chi connectivity index (χ4v) is 5.65. The second kappa shape index (κ2) is 8.01. The summed E-state index contributed by atoms with van der Waals surface area (Å²) >= 11 is 0. The second-order valence-electron chi connectivity index (χ2n) is 9.83. The molecule has 0 spiro atoms. The van der Waals surface area contributed by atoms with Crippen LogP contribution in [0.2, 0.25) is 0 Å². The fourth-order valence-electron chi connectivity index (χ4n) is 5.65. The minimum Gasteiger partial charge on any atom is -0.481 e. The summed E-state index contributed by atoms with van der Waals surface area (Å²) in [6, 6.07) is 9.70. The van der Waals surface area contributed by atoms with E-state index in [4.69, 9.17) is 0 Å². The number of nitrogens with zero attached hydrogens (tertiary/aromatic N) is 2. The van der Waals surface area contributed by atoms with Crippen LogP contribution in [0.1, 0.15) is 73.9 Å². The van der Waals surface area contributed by atoms with E-state index < -0.39 is 5.97 Å². The lowest BCUT2D eigenvalue weighted by atomic mass is 9.77. The summed E-state index contributed by atoms with van der Waals surface area (Å²) < 4.78 is 16.4. The van der Waals surface area contributed by atoms with Crippen molar-refractivity contribution in [1.82, 2.24) is 14.8 Å². The molecule has 0 radical (unpaired) electrons. The van der Waals surface area contributed by atoms with Crippen LogP contribution >= 0.6 is 0 Å². The van der Waals surface area contributed by atoms with Crippen LogP contribution in [-0.2, 0) is 4.79 Å². The highest BCUT2D eigenvalue weighted by Crippen LogP contribution is 2.45. The number of halogens is 1. The van der Waals surface area contributed by atoms with Crippen LogP contribution in [0, 0.1) is 25.6 Å². The van der Waals surface area contributed by atoms with E-state index in [9.17, 15) is 14.3 Å². The third-order valence-electron chi connectivity index (χ3n) is 7.35. The number of carbonyl (C=O) groups is 1. The van der Waals surface area contributed by atoms with Crippen LogP contribution < -0.4 is 0 Å². The highest BCUT2D eigenvalue weighted by atomic mass is 19.1. The summed E-state index contributed by atoms with van der Waals surface area (Å²) in [5.74, 6) is -0.603. The number of benzene rings is 2. The summed E-state index contributed by atoms with van der Waals surface area (Å²) in [4.78, 5) is 11.5. The Bertz CT molecular complexity index is 1370. The van der Waals surface area contributed by atoms with Crippen LogP contribution in [0.5, 0.6) is 0 Å². The van der Waals surface area contributed by atoms with Gasteiger partial charge in [0.15, 0.2) is 0 Å². The molecule has 1 fully saturated rings. The van der Waals surface area contributed by atoms with E-state index in [2.05, 4.69) is 40.7 Å². The molecule has 0 aliphatic heterocycles. The van der Waals surface area contributed by atoms with Crippen molar-refractivity contribution >= 4 is 27.8 Å². The zero-order valence-electron chi connectivity index (χ0n) is 19.6. The molecule has 172 valence electrons. The largest absolute Gasteiger partial charge is 0.481 e. The van der Waals surface area contributed by atoms with Gasteiger partial charge in [-0.1, -0.05) is 13.8 Å². The number of rotatable bonds is 4. The maximum Gasteiger partial charge on any atom is 0.306 e. The first-order valence-corrected chi connectivity index (χ1v) is 11.8. The third-order valence-corrected chi connectivity index (χ3v) is 7.35. The lowest BCUT2D eigenvalue weighted by Gasteiger charge is -2.28. The van der Waals surface area contributed by atoms with Crippen molar-refractivity contribution in [2.24, 2.45) is 5.92 Å². The molecule has 0 amide bonds. The molecule has 0 bridgehead atoms. The summed E-state index contributed by atoms with van der Waals surface area (Å²) in [7, 11) is 0. The molecule has 0 atom stereocenters. The SMILES string of the molecule is Cc1cc(-n2c(C(C)C)c(C3CCC(C(=O)O)CC3)c3cc4[nH]nc(C)c4cc32)ccc1F. The predicted molar refractivity (Wildman–Crippen MR) is 129 cm³/mol. The first-order valence-electron chi connectivity index (χ1n) is 11.8. The number of carboxylic acids is 1. The average Bonchev–Trinajstić information content (AvgIpc) is 3.32. The number of aromatic amines is 1. The van der Waals surface area contributed by atoms with E-state index >= 15 is 0 Å². The van der Waals surface area contributed by atoms with Crippen molar-refractivity contribution in [2.75, 3.05) is 0 Å². The van der Waals surface area contributed by atoms with E-state index in [-0.39, 0.29) is 17.7 Å². The molecule has 5 nitrogen and oxygen atoms in total. The number of hydrogen-bond acceptors (Lipinski definition) is 2. The Hall–Kier alpha value is -3.15. The van der Waals surface area contributed by atoms with E-state index in [0.717, 1.165) is 40.6 Å². The predicted octanol–water partition coefficient (Wildman–Crippen LogP) is 6.74. The molecular weight excluding hydrogens is 417 g/mol. The summed E-state index contributed by atoms with van der Waals surface area (Å²) in [5, 5.41) is 19.3. The number of aromatic nitrogens is 3. The Morgan fingerprint density at radius 1 is 1.12 bits per heavy atom. The molecule has 2 aromatic heterocycles. The average molecular weight is 448 g/mol. The molecular formula is C27H30FN3O2. The van der Waals surface area contributed by atoms with Crippen molar-refractivity contribution in [2.45, 2.75) is 65.2 Å². The first kappa shape index (κ1) is 21.7. The topological polar surface area (TPSA) is 70.9 Å². The Kier molecular flexibility index (Phi) is 5.26. The number of nitrogens with one attached hydrogen (secondary N) is 1. The van der Waals surface area contributed by atoms with Gasteiger partial charge in [-0.15, -0.1) is 0 Å². The van der Waals surface area contributed by atoms with Crippen LogP contribution in [0.3, 0.4) is 0 Å². The molecule has 0 unspecified atom stereocenters. The molecule has 0 saturated heterocycles. The van der Waals surface area contributed by atoms with Gasteiger partial charge in [0.2, 0.25) is 0 Å². The van der Waals surface area contributed by atoms with Crippen molar-refractivity contribution < 1.29 is 14.3 Å². The van der Waals surface area contributed by atoms with Gasteiger partial charge in [0.05, 0.1) is 22.6 Å². The van der Waals surface area contributed by atoms with Crippen LogP contribution in [-0.4, -0.2) is 25.8 Å². The number of carboxylic acid groups (broad SMARTS) is 1. The molecule has 33 heavy (non-hydrogen) atoms. The van der Waals surface area contributed by atoms with Gasteiger partial charge < -0.3 is 9.67 Å². The molecule has 5 rings (SSSR count). The molecule has 1 aliphatic carbocycles. The van der Waals surface area contributed by atoms with Gasteiger partial charge in [-0.2, -0.15) is 5.10 Å². The normalized spacial score (nSPS) is 19.1. The van der Waals surface area contributed by atoms with Gasteiger partial charge in [0.25, 0.3) is 0 Å². The maximum atomic E-state index is 14.1. The highest BCUT2D eigenvalue weighted by Gasteiger charge is 2.32. The third kappa shape index (κ3) is 3.52. The minimum absolute atomic E-state index is 0.207. The summed E-state index contributed by atoms with van der Waals surface area (Å²) in [5.41, 5.74) is 7.15. The fraction of sp³-hybridized carbons (Fsp3) is 0.407. The number of aryl methyl sites for hydroxylation is 2. The highest BCUT2D eigenvalue weighted by molar-refractivity contribution is 6.00. The first-order chi connectivity index (χ1) is 15.8. The van der Waals surface area contributed by atoms with Crippen molar-refractivity contribution in [3.8, 4) is 5.69 Å². The zero-order chi connectivity index (χ0) is 23.4. The molecule has 2 heterocycles. The number of H-pyrrole nitrogens is 1. The van der Waals surface area contributed by atoms with Crippen molar-refractivity contribution in [3.05, 3.63) is 58.7 Å². The lowest BCUT2D eigenvalue weighted by Crippen LogP contribution is -2.21. The molecule has 6 heteroatoms. The summed E-state index contributed by atoms with van der Waals surface area (Å²) in [6.45, 7) is 8.20. The standard InChI is InChI=1S/C27H30FN3O2/c1-14(2)26-25(17-5-7-18(8-6-17)27(32)33)21-12-23-20(16(4)29-30-23)13-24(21)31(26)19-9-10-22(28)15(3)11-19/h9-14,17-18H,5-8H2,1-4H3,(H,29,30)(H,32,33). The molecule has 2 aromatic carbocycles. The zero-order valence-corrected chi connectivity index (χ0v) is 19.6. The van der Waals surface area contributed by atoms with Crippen LogP contribution in [0.15, 0.2) is 30.3 Å². The maximum absolute atomic E-state index is 14.1. The minimum atomic E-state index is -0.684. The van der Waals surface area contributed by atoms with Crippen molar-refractivity contribution in [1.29, 1.82) is 0 Å². The molecule has 1 saturated carbocycles. The molecule has 4 aromatic rings. The van der Waals surface area contributed by atoms with Crippen molar-refractivity contribution in [3.63, 3.8) is 0 Å². The quantitative estimate of drug-likeness (QED) is 0.364. The van der Waals surface area contributed by atoms with E-state index in [0.29, 0.717) is 24.3 Å². The summed E-state index contributed by atoms with van der Waals surface area (Å²) in [6.07, 6.45) is 3.12. The van der Waals surface area contributed by atoms with Gasteiger partial charge in [-0.3, -0.25) is 9.89 Å². The van der Waals surface area contributed by atoms with Crippen LogP contribution in [0.25, 0.3) is 27.5 Å². The van der Waals surface area contributed by atoms with E-state index in [1.807, 2.05) is 19.1 Å². The smallest absolute Gasteiger partial charge is 0.306 e. The monoisotopic (exact) mass is 447 g/mol. The number of fused-ring (bicyclic) bond motifs is 2. The number of hydrogen-bond donors (Lipinski definition) is 2.